The predicted molar refractivity (Wildman–Crippen MR) is 91.3 cm³/mol. The number of nitrogens with one attached hydrogen (secondary N) is 2. The molecule has 118 valence electrons. The van der Waals surface area contributed by atoms with Crippen LogP contribution in [0.5, 0.6) is 0 Å². The fraction of sp³-hybridized carbons (Fsp3) is 0.222. The van der Waals surface area contributed by atoms with E-state index in [9.17, 15) is 0 Å². The lowest BCUT2D eigenvalue weighted by Gasteiger charge is -2.08. The van der Waals surface area contributed by atoms with E-state index in [2.05, 4.69) is 44.9 Å². The van der Waals surface area contributed by atoms with E-state index in [0.29, 0.717) is 12.5 Å². The first kappa shape index (κ1) is 15.1. The first-order valence-corrected chi connectivity index (χ1v) is 7.77. The van der Waals surface area contributed by atoms with Crippen LogP contribution < -0.4 is 10.6 Å². The molecule has 0 atom stereocenters. The molecule has 5 heteroatoms. The fourth-order valence-electron chi connectivity index (χ4n) is 2.28. The standard InChI is InChI=1S/C18H20N4O/c1-2-6-15(7-3-1)8-4-11-19-17-10-12-20-18(22-17)21-14-16-9-5-13-23-16/h1-3,5-7,9-10,12-13H,4,8,11,14H2,(H2,19,20,21,22). The van der Waals surface area contributed by atoms with Crippen molar-refractivity contribution < 1.29 is 4.42 Å². The Balaban J connectivity index is 1.44. The maximum Gasteiger partial charge on any atom is 0.224 e. The van der Waals surface area contributed by atoms with Gasteiger partial charge in [0, 0.05) is 12.7 Å². The fourth-order valence-corrected chi connectivity index (χ4v) is 2.28. The van der Waals surface area contributed by atoms with Crippen molar-refractivity contribution >= 4 is 11.8 Å². The summed E-state index contributed by atoms with van der Waals surface area (Å²) in [4.78, 5) is 8.65. The van der Waals surface area contributed by atoms with E-state index in [1.54, 1.807) is 12.5 Å². The largest absolute Gasteiger partial charge is 0.467 e. The molecule has 0 amide bonds. The van der Waals surface area contributed by atoms with Crippen molar-refractivity contribution in [1.82, 2.24) is 9.97 Å². The molecule has 0 aliphatic carbocycles. The summed E-state index contributed by atoms with van der Waals surface area (Å²) in [6.07, 6.45) is 5.52. The Hall–Kier alpha value is -2.82. The monoisotopic (exact) mass is 308 g/mol. The van der Waals surface area contributed by atoms with Crippen LogP contribution in [-0.2, 0) is 13.0 Å². The summed E-state index contributed by atoms with van der Waals surface area (Å²) < 4.78 is 5.27. The first-order chi connectivity index (χ1) is 11.4. The van der Waals surface area contributed by atoms with Crippen LogP contribution in [0.2, 0.25) is 0 Å². The summed E-state index contributed by atoms with van der Waals surface area (Å²) in [6, 6.07) is 16.2. The van der Waals surface area contributed by atoms with Crippen molar-refractivity contribution in [1.29, 1.82) is 0 Å². The third-order valence-electron chi connectivity index (χ3n) is 3.45. The Kier molecular flexibility index (Phi) is 5.24. The molecule has 0 aliphatic heterocycles. The number of hydrogen-bond acceptors (Lipinski definition) is 5. The number of rotatable bonds is 8. The van der Waals surface area contributed by atoms with Gasteiger partial charge >= 0.3 is 0 Å². The van der Waals surface area contributed by atoms with Crippen LogP contribution in [0.25, 0.3) is 0 Å². The van der Waals surface area contributed by atoms with Gasteiger partial charge in [0.1, 0.15) is 11.6 Å². The zero-order valence-electron chi connectivity index (χ0n) is 12.9. The zero-order chi connectivity index (χ0) is 15.7. The molecule has 1 aromatic carbocycles. The number of aromatic nitrogens is 2. The molecule has 0 unspecified atom stereocenters. The second-order valence-corrected chi connectivity index (χ2v) is 5.21. The van der Waals surface area contributed by atoms with E-state index in [1.807, 2.05) is 24.3 Å². The molecule has 5 nitrogen and oxygen atoms in total. The highest BCUT2D eigenvalue weighted by Gasteiger charge is 2.01. The lowest BCUT2D eigenvalue weighted by molar-refractivity contribution is 0.517. The predicted octanol–water partition coefficient (Wildman–Crippen LogP) is 3.73. The van der Waals surface area contributed by atoms with Crippen LogP contribution in [0.1, 0.15) is 17.7 Å². The summed E-state index contributed by atoms with van der Waals surface area (Å²) >= 11 is 0. The second kappa shape index (κ2) is 7.98. The minimum atomic E-state index is 0.574. The van der Waals surface area contributed by atoms with Gasteiger partial charge in [-0.3, -0.25) is 0 Å². The smallest absolute Gasteiger partial charge is 0.224 e. The van der Waals surface area contributed by atoms with Gasteiger partial charge in [-0.25, -0.2) is 4.98 Å². The molecule has 0 fully saturated rings. The Morgan fingerprint density at radius 1 is 0.957 bits per heavy atom. The molecule has 0 saturated carbocycles. The summed E-state index contributed by atoms with van der Waals surface area (Å²) in [7, 11) is 0. The van der Waals surface area contributed by atoms with Crippen molar-refractivity contribution in [2.75, 3.05) is 17.2 Å². The summed E-state index contributed by atoms with van der Waals surface area (Å²) in [5.74, 6) is 2.28. The quantitative estimate of drug-likeness (QED) is 0.621. The van der Waals surface area contributed by atoms with Crippen molar-refractivity contribution in [3.8, 4) is 0 Å². The molecule has 0 saturated heterocycles. The third-order valence-corrected chi connectivity index (χ3v) is 3.45. The maximum atomic E-state index is 5.27. The van der Waals surface area contributed by atoms with Gasteiger partial charge in [0.15, 0.2) is 0 Å². The van der Waals surface area contributed by atoms with Gasteiger partial charge in [-0.05, 0) is 36.6 Å². The molecule has 0 bridgehead atoms. The minimum absolute atomic E-state index is 0.574. The van der Waals surface area contributed by atoms with Gasteiger partial charge in [0.25, 0.3) is 0 Å². The van der Waals surface area contributed by atoms with E-state index in [-0.39, 0.29) is 0 Å². The maximum absolute atomic E-state index is 5.27. The Labute approximate surface area is 135 Å². The van der Waals surface area contributed by atoms with Crippen molar-refractivity contribution in [2.45, 2.75) is 19.4 Å². The molecule has 3 rings (SSSR count). The summed E-state index contributed by atoms with van der Waals surface area (Å²) in [5, 5.41) is 6.48. The number of anilines is 2. The molecule has 2 aromatic heterocycles. The number of aryl methyl sites for hydroxylation is 1. The molecule has 0 aliphatic rings. The van der Waals surface area contributed by atoms with Gasteiger partial charge in [0.2, 0.25) is 5.95 Å². The van der Waals surface area contributed by atoms with Crippen LogP contribution >= 0.6 is 0 Å². The summed E-state index contributed by atoms with van der Waals surface area (Å²) in [5.41, 5.74) is 1.36. The number of nitrogens with zero attached hydrogens (tertiary/aromatic N) is 2. The van der Waals surface area contributed by atoms with Gasteiger partial charge in [0.05, 0.1) is 12.8 Å². The average molecular weight is 308 g/mol. The highest BCUT2D eigenvalue weighted by atomic mass is 16.3. The Morgan fingerprint density at radius 3 is 2.70 bits per heavy atom. The van der Waals surface area contributed by atoms with Crippen LogP contribution in [-0.4, -0.2) is 16.5 Å². The van der Waals surface area contributed by atoms with Gasteiger partial charge in [-0.15, -0.1) is 0 Å². The molecule has 2 N–H and O–H groups in total. The topological polar surface area (TPSA) is 63.0 Å². The third kappa shape index (κ3) is 4.85. The van der Waals surface area contributed by atoms with Crippen molar-refractivity contribution in [3.63, 3.8) is 0 Å². The number of hydrogen-bond donors (Lipinski definition) is 2. The van der Waals surface area contributed by atoms with Crippen LogP contribution in [0.15, 0.2) is 65.4 Å². The van der Waals surface area contributed by atoms with Crippen LogP contribution in [0, 0.1) is 0 Å². The lowest BCUT2D eigenvalue weighted by Crippen LogP contribution is -2.08. The molecule has 23 heavy (non-hydrogen) atoms. The van der Waals surface area contributed by atoms with E-state index in [4.69, 9.17) is 4.42 Å². The van der Waals surface area contributed by atoms with E-state index >= 15 is 0 Å². The lowest BCUT2D eigenvalue weighted by atomic mass is 10.1. The Bertz CT molecular complexity index is 698. The first-order valence-electron chi connectivity index (χ1n) is 7.77. The summed E-state index contributed by atoms with van der Waals surface area (Å²) in [6.45, 7) is 1.45. The Morgan fingerprint density at radius 2 is 1.87 bits per heavy atom. The molecular formula is C18H20N4O. The number of benzene rings is 1. The van der Waals surface area contributed by atoms with E-state index in [0.717, 1.165) is 31.0 Å². The van der Waals surface area contributed by atoms with E-state index < -0.39 is 0 Å². The van der Waals surface area contributed by atoms with Gasteiger partial charge in [-0.2, -0.15) is 4.98 Å². The molecule has 0 spiro atoms. The second-order valence-electron chi connectivity index (χ2n) is 5.21. The number of furan rings is 1. The van der Waals surface area contributed by atoms with E-state index in [1.165, 1.54) is 5.56 Å². The van der Waals surface area contributed by atoms with Crippen molar-refractivity contribution in [2.24, 2.45) is 0 Å². The molecule has 2 heterocycles. The van der Waals surface area contributed by atoms with Gasteiger partial charge in [-0.1, -0.05) is 30.3 Å². The molecular weight excluding hydrogens is 288 g/mol. The van der Waals surface area contributed by atoms with Crippen LogP contribution in [0.4, 0.5) is 11.8 Å². The highest BCUT2D eigenvalue weighted by molar-refractivity contribution is 5.39. The average Bonchev–Trinajstić information content (AvgIpc) is 3.12. The molecule has 3 aromatic rings. The highest BCUT2D eigenvalue weighted by Crippen LogP contribution is 2.09. The minimum Gasteiger partial charge on any atom is -0.467 e. The zero-order valence-corrected chi connectivity index (χ0v) is 12.9. The van der Waals surface area contributed by atoms with Gasteiger partial charge < -0.3 is 15.1 Å². The SMILES string of the molecule is c1ccc(CCCNc2ccnc(NCc3ccco3)n2)cc1. The molecule has 0 radical (unpaired) electrons. The van der Waals surface area contributed by atoms with Crippen molar-refractivity contribution in [3.05, 3.63) is 72.3 Å². The van der Waals surface area contributed by atoms with Crippen LogP contribution in [0.3, 0.4) is 0 Å². The normalized spacial score (nSPS) is 10.4.